The molecule has 0 bridgehead atoms. The lowest BCUT2D eigenvalue weighted by molar-refractivity contribution is 0.103. The minimum atomic E-state index is -0.811. The topological polar surface area (TPSA) is 29.0 Å². The maximum atomic E-state index is 14.0. The van der Waals surface area contributed by atoms with Crippen LogP contribution in [0.2, 0.25) is 0 Å². The molecule has 0 atom stereocenters. The number of rotatable bonds is 4. The lowest BCUT2D eigenvalue weighted by Crippen LogP contribution is -2.38. The lowest BCUT2D eigenvalue weighted by atomic mass is 9.77. The minimum Gasteiger partial charge on any atom is -0.297 e. The van der Waals surface area contributed by atoms with Gasteiger partial charge in [-0.3, -0.25) is 9.88 Å². The number of hydrogen-bond acceptors (Lipinski definition) is 3. The van der Waals surface area contributed by atoms with Gasteiger partial charge in [0.15, 0.2) is 0 Å². The molecule has 1 spiro atoms. The molecule has 2 aliphatic rings. The summed E-state index contributed by atoms with van der Waals surface area (Å²) in [6, 6.07) is 14.4. The summed E-state index contributed by atoms with van der Waals surface area (Å²) in [6.45, 7) is 3.21. The number of piperidine rings is 1. The highest BCUT2D eigenvalue weighted by atomic mass is 19.1. The van der Waals surface area contributed by atoms with Gasteiger partial charge in [-0.1, -0.05) is 37.1 Å². The highest BCUT2D eigenvalue weighted by molar-refractivity contribution is 5.70. The molecule has 1 aliphatic carbocycles. The fraction of sp³-hybridized carbons (Fsp3) is 0.385. The van der Waals surface area contributed by atoms with Crippen LogP contribution in [0.1, 0.15) is 44.2 Å². The van der Waals surface area contributed by atoms with Gasteiger partial charge in [-0.2, -0.15) is 13.8 Å². The van der Waals surface area contributed by atoms with Crippen molar-refractivity contribution in [2.24, 2.45) is 5.41 Å². The van der Waals surface area contributed by atoms with Crippen LogP contribution in [0, 0.1) is 17.3 Å². The van der Waals surface area contributed by atoms with Crippen molar-refractivity contribution in [3.05, 3.63) is 72.3 Å². The van der Waals surface area contributed by atoms with E-state index in [1.807, 2.05) is 36.5 Å². The fourth-order valence-corrected chi connectivity index (χ4v) is 5.25. The first-order chi connectivity index (χ1) is 15.1. The predicted octanol–water partition coefficient (Wildman–Crippen LogP) is 6.25. The summed E-state index contributed by atoms with van der Waals surface area (Å²) in [5.41, 5.74) is 4.83. The summed E-state index contributed by atoms with van der Waals surface area (Å²) >= 11 is 0. The van der Waals surface area contributed by atoms with E-state index < -0.39 is 11.9 Å². The van der Waals surface area contributed by atoms with Crippen LogP contribution < -0.4 is 0 Å². The normalized spacial score (nSPS) is 18.5. The van der Waals surface area contributed by atoms with Crippen molar-refractivity contribution in [1.29, 1.82) is 0 Å². The Morgan fingerprint density at radius 2 is 1.52 bits per heavy atom. The van der Waals surface area contributed by atoms with E-state index in [2.05, 4.69) is 20.9 Å². The second-order valence-corrected chi connectivity index (χ2v) is 9.07. The van der Waals surface area contributed by atoms with Gasteiger partial charge in [-0.15, -0.1) is 0 Å². The van der Waals surface area contributed by atoms with Crippen molar-refractivity contribution >= 4 is 0 Å². The molecule has 2 fully saturated rings. The molecular formula is C26H27F2N3. The molecule has 0 unspecified atom stereocenters. The Labute approximate surface area is 182 Å². The van der Waals surface area contributed by atoms with E-state index in [4.69, 9.17) is 0 Å². The molecule has 0 N–H and O–H groups in total. The third kappa shape index (κ3) is 4.38. The van der Waals surface area contributed by atoms with E-state index in [0.29, 0.717) is 16.5 Å². The third-order valence-corrected chi connectivity index (χ3v) is 7.13. The largest absolute Gasteiger partial charge is 0.297 e. The third-order valence-electron chi connectivity index (χ3n) is 7.13. The van der Waals surface area contributed by atoms with Crippen LogP contribution in [0.3, 0.4) is 0 Å². The van der Waals surface area contributed by atoms with Gasteiger partial charge in [0.05, 0.1) is 5.69 Å². The Bertz CT molecular complexity index is 1050. The lowest BCUT2D eigenvalue weighted by Gasteiger charge is -2.39. The van der Waals surface area contributed by atoms with Gasteiger partial charge in [0, 0.05) is 18.3 Å². The zero-order valence-electron chi connectivity index (χ0n) is 17.7. The molecule has 0 amide bonds. The van der Waals surface area contributed by atoms with E-state index in [9.17, 15) is 8.78 Å². The standard InChI is InChI=1S/C26H27F2N3/c27-24-8-7-23(25(28)30-24)20-5-3-19(4-6-20)21-9-14-29-22(17-21)18-31-15-12-26(13-16-31)10-1-2-11-26/h3-9,14,17H,1-2,10-13,15-16,18H2. The number of hydrogen-bond donors (Lipinski definition) is 0. The molecule has 1 aromatic carbocycles. The maximum Gasteiger partial charge on any atom is 0.223 e. The van der Waals surface area contributed by atoms with Crippen molar-refractivity contribution in [1.82, 2.24) is 14.9 Å². The van der Waals surface area contributed by atoms with Gasteiger partial charge in [0.1, 0.15) is 0 Å². The molecule has 0 radical (unpaired) electrons. The van der Waals surface area contributed by atoms with Crippen LogP contribution in [-0.2, 0) is 6.54 Å². The Kier molecular flexibility index (Phi) is 5.53. The highest BCUT2D eigenvalue weighted by Crippen LogP contribution is 2.46. The van der Waals surface area contributed by atoms with Crippen molar-refractivity contribution in [2.75, 3.05) is 13.1 Å². The molecule has 3 heterocycles. The molecule has 1 saturated heterocycles. The van der Waals surface area contributed by atoms with Crippen LogP contribution in [0.15, 0.2) is 54.7 Å². The Morgan fingerprint density at radius 1 is 0.806 bits per heavy atom. The quantitative estimate of drug-likeness (QED) is 0.469. The predicted molar refractivity (Wildman–Crippen MR) is 118 cm³/mol. The van der Waals surface area contributed by atoms with Gasteiger partial charge in [0.2, 0.25) is 11.9 Å². The second kappa shape index (κ2) is 8.46. The summed E-state index contributed by atoms with van der Waals surface area (Å²) in [6.07, 6.45) is 10.2. The average Bonchev–Trinajstić information content (AvgIpc) is 3.24. The van der Waals surface area contributed by atoms with Crippen molar-refractivity contribution in [2.45, 2.75) is 45.1 Å². The number of nitrogens with zero attached hydrogens (tertiary/aromatic N) is 3. The van der Waals surface area contributed by atoms with E-state index in [1.54, 1.807) is 0 Å². The fourth-order valence-electron chi connectivity index (χ4n) is 5.25. The smallest absolute Gasteiger partial charge is 0.223 e. The van der Waals surface area contributed by atoms with Gasteiger partial charge < -0.3 is 0 Å². The zero-order chi connectivity index (χ0) is 21.3. The van der Waals surface area contributed by atoms with Gasteiger partial charge in [-0.05, 0) is 85.1 Å². The van der Waals surface area contributed by atoms with E-state index >= 15 is 0 Å². The molecule has 160 valence electrons. The molecule has 5 heteroatoms. The SMILES string of the molecule is Fc1ccc(-c2ccc(-c3ccnc(CN4CCC5(CCCC5)CC4)c3)cc2)c(F)n1. The van der Waals surface area contributed by atoms with Crippen LogP contribution in [-0.4, -0.2) is 28.0 Å². The molecule has 1 aliphatic heterocycles. The van der Waals surface area contributed by atoms with E-state index in [0.717, 1.165) is 36.5 Å². The Morgan fingerprint density at radius 3 is 2.23 bits per heavy atom. The second-order valence-electron chi connectivity index (χ2n) is 9.07. The van der Waals surface area contributed by atoms with Crippen molar-refractivity contribution < 1.29 is 8.78 Å². The number of likely N-dealkylation sites (tertiary alicyclic amines) is 1. The average molecular weight is 420 g/mol. The van der Waals surface area contributed by atoms with Crippen molar-refractivity contribution in [3.63, 3.8) is 0 Å². The number of aromatic nitrogens is 2. The van der Waals surface area contributed by atoms with Crippen molar-refractivity contribution in [3.8, 4) is 22.3 Å². The first-order valence-corrected chi connectivity index (χ1v) is 11.2. The monoisotopic (exact) mass is 419 g/mol. The van der Waals surface area contributed by atoms with Gasteiger partial charge >= 0.3 is 0 Å². The van der Waals surface area contributed by atoms with Crippen LogP contribution >= 0.6 is 0 Å². The summed E-state index contributed by atoms with van der Waals surface area (Å²) in [5.74, 6) is -1.60. The van der Waals surface area contributed by atoms with Gasteiger partial charge in [0.25, 0.3) is 0 Å². The summed E-state index contributed by atoms with van der Waals surface area (Å²) < 4.78 is 27.0. The molecule has 5 rings (SSSR count). The first-order valence-electron chi connectivity index (χ1n) is 11.2. The molecule has 31 heavy (non-hydrogen) atoms. The summed E-state index contributed by atoms with van der Waals surface area (Å²) in [5, 5.41) is 0. The maximum absolute atomic E-state index is 14.0. The number of benzene rings is 1. The highest BCUT2D eigenvalue weighted by Gasteiger charge is 2.36. The molecule has 3 aromatic rings. The number of pyridine rings is 2. The van der Waals surface area contributed by atoms with Crippen LogP contribution in [0.4, 0.5) is 8.78 Å². The van der Waals surface area contributed by atoms with E-state index in [-0.39, 0.29) is 0 Å². The number of halogens is 2. The first kappa shape index (κ1) is 20.3. The zero-order valence-corrected chi connectivity index (χ0v) is 17.7. The molecule has 1 saturated carbocycles. The molecular weight excluding hydrogens is 392 g/mol. The van der Waals surface area contributed by atoms with Crippen LogP contribution in [0.25, 0.3) is 22.3 Å². The van der Waals surface area contributed by atoms with Crippen LogP contribution in [0.5, 0.6) is 0 Å². The summed E-state index contributed by atoms with van der Waals surface area (Å²) in [7, 11) is 0. The van der Waals surface area contributed by atoms with Gasteiger partial charge in [-0.25, -0.2) is 0 Å². The Balaban J connectivity index is 1.28. The Hall–Kier alpha value is -2.66. The summed E-state index contributed by atoms with van der Waals surface area (Å²) in [4.78, 5) is 10.4. The van der Waals surface area contributed by atoms with E-state index in [1.165, 1.54) is 50.7 Å². The minimum absolute atomic E-state index is 0.300. The molecule has 3 nitrogen and oxygen atoms in total. The molecule has 2 aromatic heterocycles.